The first-order valence-corrected chi connectivity index (χ1v) is 7.77. The molecule has 2 N–H and O–H groups in total. The lowest BCUT2D eigenvalue weighted by Crippen LogP contribution is -2.17. The van der Waals surface area contributed by atoms with Crippen LogP contribution in [0.15, 0.2) is 21.3 Å². The van der Waals surface area contributed by atoms with Crippen molar-refractivity contribution in [1.29, 1.82) is 0 Å². The van der Waals surface area contributed by atoms with Gasteiger partial charge in [0, 0.05) is 17.7 Å². The molecule has 0 saturated carbocycles. The van der Waals surface area contributed by atoms with Crippen molar-refractivity contribution in [2.45, 2.75) is 25.7 Å². The van der Waals surface area contributed by atoms with E-state index in [0.29, 0.717) is 23.8 Å². The molecule has 0 unspecified atom stereocenters. The minimum atomic E-state index is -1.17. The Morgan fingerprint density at radius 1 is 1.00 bits per heavy atom. The van der Waals surface area contributed by atoms with Gasteiger partial charge in [-0.3, -0.25) is 0 Å². The van der Waals surface area contributed by atoms with Crippen LogP contribution in [0.4, 0.5) is 0 Å². The molecule has 0 amide bonds. The van der Waals surface area contributed by atoms with Gasteiger partial charge in [-0.15, -0.1) is 0 Å². The van der Waals surface area contributed by atoms with Crippen molar-refractivity contribution in [2.75, 3.05) is 13.2 Å². The Balaban J connectivity index is 2.16. The molecule has 0 fully saturated rings. The molecule has 0 aliphatic heterocycles. The largest absolute Gasteiger partial charge is 0.482 e. The second-order valence-corrected chi connectivity index (χ2v) is 5.71. The number of aliphatic carboxylic acids is 2. The first-order valence-electron chi connectivity index (χ1n) is 7.77. The Bertz CT molecular complexity index is 896. The molecule has 1 aliphatic carbocycles. The second kappa shape index (κ2) is 6.84. The van der Waals surface area contributed by atoms with E-state index >= 15 is 0 Å². The summed E-state index contributed by atoms with van der Waals surface area (Å²) in [5.41, 5.74) is 1.12. The summed E-state index contributed by atoms with van der Waals surface area (Å²) < 4.78 is 15.8. The molecule has 0 radical (unpaired) electrons. The van der Waals surface area contributed by atoms with Crippen molar-refractivity contribution in [3.63, 3.8) is 0 Å². The van der Waals surface area contributed by atoms with Gasteiger partial charge in [0.05, 0.1) is 5.39 Å². The fourth-order valence-electron chi connectivity index (χ4n) is 2.99. The van der Waals surface area contributed by atoms with Gasteiger partial charge in [-0.05, 0) is 31.2 Å². The van der Waals surface area contributed by atoms with Gasteiger partial charge in [0.15, 0.2) is 13.2 Å². The maximum atomic E-state index is 12.2. The summed E-state index contributed by atoms with van der Waals surface area (Å²) in [6.45, 7) is -1.16. The quantitative estimate of drug-likeness (QED) is 0.755. The first kappa shape index (κ1) is 16.8. The number of benzene rings is 1. The highest BCUT2D eigenvalue weighted by Gasteiger charge is 2.22. The zero-order valence-corrected chi connectivity index (χ0v) is 13.2. The van der Waals surface area contributed by atoms with E-state index < -0.39 is 30.8 Å². The number of fused-ring (bicyclic) bond motifs is 3. The Labute approximate surface area is 141 Å². The van der Waals surface area contributed by atoms with E-state index in [1.54, 1.807) is 0 Å². The molecule has 0 saturated heterocycles. The minimum absolute atomic E-state index is 0.120. The number of carbonyl (C=O) groups is 2. The van der Waals surface area contributed by atoms with Crippen molar-refractivity contribution in [3.05, 3.63) is 33.7 Å². The number of ether oxygens (including phenoxy) is 2. The predicted molar refractivity (Wildman–Crippen MR) is 85.4 cm³/mol. The standard InChI is InChI=1S/C17H16O8/c18-14(19)7-23-9-5-12(24-8-15(20)21)16-10-3-1-2-4-11(10)17(22)25-13(16)6-9/h5-6H,1-4,7-8H2,(H,18,19)(H,20,21). The van der Waals surface area contributed by atoms with Crippen molar-refractivity contribution >= 4 is 22.9 Å². The Kier molecular flexibility index (Phi) is 4.60. The van der Waals surface area contributed by atoms with Gasteiger partial charge in [-0.25, -0.2) is 14.4 Å². The highest BCUT2D eigenvalue weighted by molar-refractivity contribution is 5.89. The number of hydrogen-bond acceptors (Lipinski definition) is 6. The van der Waals surface area contributed by atoms with Crippen LogP contribution in [0.3, 0.4) is 0 Å². The second-order valence-electron chi connectivity index (χ2n) is 5.71. The van der Waals surface area contributed by atoms with Gasteiger partial charge in [-0.1, -0.05) is 0 Å². The summed E-state index contributed by atoms with van der Waals surface area (Å²) in [7, 11) is 0. The van der Waals surface area contributed by atoms with Gasteiger partial charge in [0.1, 0.15) is 17.1 Å². The normalized spacial score (nSPS) is 13.3. The van der Waals surface area contributed by atoms with Gasteiger partial charge in [0.25, 0.3) is 0 Å². The van der Waals surface area contributed by atoms with Gasteiger partial charge < -0.3 is 24.1 Å². The molecule has 0 spiro atoms. The van der Waals surface area contributed by atoms with Crippen LogP contribution in [0.2, 0.25) is 0 Å². The summed E-state index contributed by atoms with van der Waals surface area (Å²) in [5, 5.41) is 18.1. The van der Waals surface area contributed by atoms with Gasteiger partial charge in [0.2, 0.25) is 0 Å². The summed E-state index contributed by atoms with van der Waals surface area (Å²) in [6, 6.07) is 2.84. The highest BCUT2D eigenvalue weighted by atomic mass is 16.5. The molecule has 0 bridgehead atoms. The summed E-state index contributed by atoms with van der Waals surface area (Å²) in [6.07, 6.45) is 3.05. The molecule has 3 rings (SSSR count). The van der Waals surface area contributed by atoms with Crippen molar-refractivity contribution < 1.29 is 33.7 Å². The average Bonchev–Trinajstić information content (AvgIpc) is 2.57. The van der Waals surface area contributed by atoms with Crippen LogP contribution in [0.1, 0.15) is 24.0 Å². The van der Waals surface area contributed by atoms with E-state index in [-0.39, 0.29) is 17.1 Å². The van der Waals surface area contributed by atoms with E-state index in [1.807, 2.05) is 0 Å². The molecule has 1 aliphatic rings. The predicted octanol–water partition coefficient (Wildman–Crippen LogP) is 1.60. The zero-order chi connectivity index (χ0) is 18.0. The van der Waals surface area contributed by atoms with Crippen LogP contribution in [0.25, 0.3) is 11.0 Å². The number of hydrogen-bond donors (Lipinski definition) is 2. The molecular formula is C17H16O8. The molecule has 8 nitrogen and oxygen atoms in total. The van der Waals surface area contributed by atoms with Gasteiger partial charge >= 0.3 is 17.6 Å². The molecule has 2 aromatic rings. The van der Waals surface area contributed by atoms with Gasteiger partial charge in [-0.2, -0.15) is 0 Å². The lowest BCUT2D eigenvalue weighted by atomic mass is 9.90. The van der Waals surface area contributed by atoms with Crippen molar-refractivity contribution in [1.82, 2.24) is 0 Å². The van der Waals surface area contributed by atoms with E-state index in [1.165, 1.54) is 12.1 Å². The monoisotopic (exact) mass is 348 g/mol. The molecule has 0 atom stereocenters. The maximum Gasteiger partial charge on any atom is 0.341 e. The highest BCUT2D eigenvalue weighted by Crippen LogP contribution is 2.36. The van der Waals surface area contributed by atoms with Crippen LogP contribution in [-0.2, 0) is 22.4 Å². The smallest absolute Gasteiger partial charge is 0.341 e. The fraction of sp³-hybridized carbons (Fsp3) is 0.353. The third-order valence-corrected chi connectivity index (χ3v) is 3.97. The average molecular weight is 348 g/mol. The van der Waals surface area contributed by atoms with Crippen LogP contribution >= 0.6 is 0 Å². The van der Waals surface area contributed by atoms with Crippen LogP contribution in [-0.4, -0.2) is 35.4 Å². The first-order chi connectivity index (χ1) is 12.0. The summed E-state index contributed by atoms with van der Waals surface area (Å²) in [5.74, 6) is -2.01. The number of aryl methyl sites for hydroxylation is 1. The Hall–Kier alpha value is -3.03. The maximum absolute atomic E-state index is 12.2. The summed E-state index contributed by atoms with van der Waals surface area (Å²) in [4.78, 5) is 33.7. The third-order valence-electron chi connectivity index (χ3n) is 3.97. The van der Waals surface area contributed by atoms with Crippen LogP contribution < -0.4 is 15.1 Å². The van der Waals surface area contributed by atoms with Crippen LogP contribution in [0, 0.1) is 0 Å². The van der Waals surface area contributed by atoms with E-state index in [4.69, 9.17) is 24.1 Å². The molecule has 1 heterocycles. The molecule has 25 heavy (non-hydrogen) atoms. The molecular weight excluding hydrogens is 332 g/mol. The zero-order valence-electron chi connectivity index (χ0n) is 13.2. The van der Waals surface area contributed by atoms with E-state index in [2.05, 4.69) is 0 Å². The minimum Gasteiger partial charge on any atom is -0.482 e. The summed E-state index contributed by atoms with van der Waals surface area (Å²) >= 11 is 0. The molecule has 132 valence electrons. The lowest BCUT2D eigenvalue weighted by molar-refractivity contribution is -0.140. The van der Waals surface area contributed by atoms with Crippen molar-refractivity contribution in [2.24, 2.45) is 0 Å². The van der Waals surface area contributed by atoms with Crippen LogP contribution in [0.5, 0.6) is 11.5 Å². The number of rotatable bonds is 6. The Morgan fingerprint density at radius 3 is 2.32 bits per heavy atom. The van der Waals surface area contributed by atoms with E-state index in [9.17, 15) is 14.4 Å². The molecule has 1 aromatic heterocycles. The number of carboxylic acid groups (broad SMARTS) is 2. The van der Waals surface area contributed by atoms with E-state index in [0.717, 1.165) is 18.4 Å². The fourth-order valence-corrected chi connectivity index (χ4v) is 2.99. The molecule has 1 aromatic carbocycles. The topological polar surface area (TPSA) is 123 Å². The number of carboxylic acids is 2. The SMILES string of the molecule is O=C(O)COc1cc(OCC(=O)O)c2c3c(c(=O)oc2c1)CCCC3. The lowest BCUT2D eigenvalue weighted by Gasteiger charge is -2.18. The Morgan fingerprint density at radius 2 is 1.64 bits per heavy atom. The molecule has 8 heteroatoms. The third kappa shape index (κ3) is 3.57. The van der Waals surface area contributed by atoms with Crippen molar-refractivity contribution in [3.8, 4) is 11.5 Å².